The van der Waals surface area contributed by atoms with Crippen LogP contribution in [0.2, 0.25) is 0 Å². The van der Waals surface area contributed by atoms with Crippen molar-refractivity contribution in [2.75, 3.05) is 42.6 Å². The Bertz CT molecular complexity index is 401. The van der Waals surface area contributed by atoms with Crippen molar-refractivity contribution in [1.82, 2.24) is 5.32 Å². The zero-order chi connectivity index (χ0) is 12.9. The maximum atomic E-state index is 3.64. The second-order valence-electron chi connectivity index (χ2n) is 5.65. The lowest BCUT2D eigenvalue weighted by Crippen LogP contribution is -2.28. The summed E-state index contributed by atoms with van der Waals surface area (Å²) in [5, 5.41) is 3.64. The second-order valence-corrected chi connectivity index (χ2v) is 6.80. The maximum Gasteiger partial charge on any atom is 0.0399 e. The zero-order valence-corrected chi connectivity index (χ0v) is 12.4. The van der Waals surface area contributed by atoms with Crippen LogP contribution in [-0.2, 0) is 6.42 Å². The molecule has 1 atom stereocenters. The maximum absolute atomic E-state index is 3.64. The van der Waals surface area contributed by atoms with Crippen LogP contribution in [-0.4, -0.2) is 37.7 Å². The molecule has 1 aromatic carbocycles. The third-order valence-corrected chi connectivity index (χ3v) is 5.45. The fourth-order valence-electron chi connectivity index (χ4n) is 3.08. The number of thioether (sulfide) groups is 1. The summed E-state index contributed by atoms with van der Waals surface area (Å²) in [6, 6.07) is 8.85. The van der Waals surface area contributed by atoms with E-state index in [0.717, 1.165) is 5.92 Å². The first-order valence-corrected chi connectivity index (χ1v) is 8.70. The Morgan fingerprint density at radius 1 is 1.32 bits per heavy atom. The van der Waals surface area contributed by atoms with E-state index in [1.807, 2.05) is 0 Å². The van der Waals surface area contributed by atoms with Crippen LogP contribution in [0.4, 0.5) is 5.69 Å². The summed E-state index contributed by atoms with van der Waals surface area (Å²) >= 11 is 2.11. The van der Waals surface area contributed by atoms with Crippen LogP contribution in [0.15, 0.2) is 24.3 Å². The highest BCUT2D eigenvalue weighted by atomic mass is 32.2. The van der Waals surface area contributed by atoms with Gasteiger partial charge in [0.25, 0.3) is 0 Å². The van der Waals surface area contributed by atoms with Crippen molar-refractivity contribution in [2.45, 2.75) is 19.3 Å². The molecule has 0 radical (unpaired) electrons. The smallest absolute Gasteiger partial charge is 0.0399 e. The van der Waals surface area contributed by atoms with Gasteiger partial charge >= 0.3 is 0 Å². The number of hydrogen-bond donors (Lipinski definition) is 1. The van der Waals surface area contributed by atoms with E-state index in [2.05, 4.69) is 46.2 Å². The number of benzene rings is 1. The van der Waals surface area contributed by atoms with E-state index in [1.54, 1.807) is 0 Å². The summed E-state index contributed by atoms with van der Waals surface area (Å²) in [6.07, 6.45) is 3.90. The van der Waals surface area contributed by atoms with E-state index in [-0.39, 0.29) is 0 Å². The molecule has 19 heavy (non-hydrogen) atoms. The summed E-state index contributed by atoms with van der Waals surface area (Å²) in [7, 11) is 0. The molecule has 2 aliphatic rings. The van der Waals surface area contributed by atoms with E-state index in [0.29, 0.717) is 0 Å². The van der Waals surface area contributed by atoms with Crippen LogP contribution in [0, 0.1) is 5.92 Å². The molecule has 1 saturated heterocycles. The van der Waals surface area contributed by atoms with Gasteiger partial charge in [-0.2, -0.15) is 11.8 Å². The average molecular weight is 276 g/mol. The Kier molecular flexibility index (Phi) is 4.67. The van der Waals surface area contributed by atoms with Gasteiger partial charge in [0.05, 0.1) is 0 Å². The molecule has 0 spiro atoms. The molecule has 3 heteroatoms. The number of nitrogens with one attached hydrogen (secondary N) is 1. The van der Waals surface area contributed by atoms with Gasteiger partial charge in [-0.3, -0.25) is 0 Å². The summed E-state index contributed by atoms with van der Waals surface area (Å²) in [5.74, 6) is 3.67. The number of para-hydroxylation sites is 1. The van der Waals surface area contributed by atoms with E-state index in [4.69, 9.17) is 0 Å². The largest absolute Gasteiger partial charge is 0.371 e. The van der Waals surface area contributed by atoms with Gasteiger partial charge < -0.3 is 10.2 Å². The molecule has 0 bridgehead atoms. The molecule has 0 aliphatic carbocycles. The number of rotatable bonds is 6. The standard InChI is InChI=1S/C16H24N2S/c1-2-5-16-15(4-1)6-10-18(16)9-3-8-17-12-14-7-11-19-13-14/h1-2,4-5,14,17H,3,6-13H2. The van der Waals surface area contributed by atoms with Gasteiger partial charge in [-0.1, -0.05) is 18.2 Å². The minimum absolute atomic E-state index is 0.928. The predicted molar refractivity (Wildman–Crippen MR) is 85.3 cm³/mol. The highest BCUT2D eigenvalue weighted by Gasteiger charge is 2.17. The van der Waals surface area contributed by atoms with Crippen LogP contribution in [0.25, 0.3) is 0 Å². The van der Waals surface area contributed by atoms with Gasteiger partial charge in [-0.05, 0) is 61.4 Å². The number of nitrogens with zero attached hydrogens (tertiary/aromatic N) is 1. The summed E-state index contributed by atoms with van der Waals surface area (Å²) < 4.78 is 0. The number of fused-ring (bicyclic) bond motifs is 1. The third kappa shape index (κ3) is 3.46. The van der Waals surface area contributed by atoms with Gasteiger partial charge in [0.2, 0.25) is 0 Å². The monoisotopic (exact) mass is 276 g/mol. The minimum Gasteiger partial charge on any atom is -0.371 e. The quantitative estimate of drug-likeness (QED) is 0.804. The third-order valence-electron chi connectivity index (χ3n) is 4.22. The highest BCUT2D eigenvalue weighted by molar-refractivity contribution is 7.99. The highest BCUT2D eigenvalue weighted by Crippen LogP contribution is 2.27. The molecule has 0 saturated carbocycles. The first-order valence-electron chi connectivity index (χ1n) is 7.55. The Morgan fingerprint density at radius 3 is 3.16 bits per heavy atom. The Labute approximate surface area is 121 Å². The van der Waals surface area contributed by atoms with Crippen molar-refractivity contribution in [2.24, 2.45) is 5.92 Å². The Hall–Kier alpha value is -0.670. The van der Waals surface area contributed by atoms with Crippen molar-refractivity contribution in [3.05, 3.63) is 29.8 Å². The molecular formula is C16H24N2S. The lowest BCUT2D eigenvalue weighted by atomic mass is 10.1. The fourth-order valence-corrected chi connectivity index (χ4v) is 4.37. The normalized spacial score (nSPS) is 21.9. The molecule has 1 aromatic rings. The van der Waals surface area contributed by atoms with Crippen molar-refractivity contribution < 1.29 is 0 Å². The molecule has 0 aromatic heterocycles. The molecule has 104 valence electrons. The van der Waals surface area contributed by atoms with Gasteiger partial charge in [-0.15, -0.1) is 0 Å². The summed E-state index contributed by atoms with van der Waals surface area (Å²) in [5.41, 5.74) is 2.99. The topological polar surface area (TPSA) is 15.3 Å². The summed E-state index contributed by atoms with van der Waals surface area (Å²) in [6.45, 7) is 4.80. The van der Waals surface area contributed by atoms with E-state index < -0.39 is 0 Å². The molecule has 2 nitrogen and oxygen atoms in total. The van der Waals surface area contributed by atoms with Gasteiger partial charge in [0.1, 0.15) is 0 Å². The first-order chi connectivity index (χ1) is 9.43. The molecule has 1 fully saturated rings. The van der Waals surface area contributed by atoms with E-state index in [9.17, 15) is 0 Å². The van der Waals surface area contributed by atoms with Crippen LogP contribution in [0.5, 0.6) is 0 Å². The van der Waals surface area contributed by atoms with Crippen molar-refractivity contribution in [3.63, 3.8) is 0 Å². The molecule has 0 amide bonds. The van der Waals surface area contributed by atoms with Crippen LogP contribution in [0.1, 0.15) is 18.4 Å². The molecule has 1 N–H and O–H groups in total. The van der Waals surface area contributed by atoms with Crippen molar-refractivity contribution >= 4 is 17.4 Å². The Balaban J connectivity index is 1.34. The number of hydrogen-bond acceptors (Lipinski definition) is 3. The van der Waals surface area contributed by atoms with Crippen LogP contribution < -0.4 is 10.2 Å². The Morgan fingerprint density at radius 2 is 2.26 bits per heavy atom. The van der Waals surface area contributed by atoms with Gasteiger partial charge in [0.15, 0.2) is 0 Å². The molecule has 2 heterocycles. The van der Waals surface area contributed by atoms with Crippen LogP contribution in [0.3, 0.4) is 0 Å². The van der Waals surface area contributed by atoms with E-state index >= 15 is 0 Å². The lowest BCUT2D eigenvalue weighted by Gasteiger charge is -2.19. The van der Waals surface area contributed by atoms with Crippen molar-refractivity contribution in [1.29, 1.82) is 0 Å². The second kappa shape index (κ2) is 6.67. The lowest BCUT2D eigenvalue weighted by molar-refractivity contribution is 0.516. The minimum atomic E-state index is 0.928. The van der Waals surface area contributed by atoms with Gasteiger partial charge in [-0.25, -0.2) is 0 Å². The molecule has 1 unspecified atom stereocenters. The zero-order valence-electron chi connectivity index (χ0n) is 11.6. The molecular weight excluding hydrogens is 252 g/mol. The molecule has 3 rings (SSSR count). The van der Waals surface area contributed by atoms with E-state index in [1.165, 1.54) is 68.2 Å². The van der Waals surface area contributed by atoms with Crippen LogP contribution >= 0.6 is 11.8 Å². The fraction of sp³-hybridized carbons (Fsp3) is 0.625. The van der Waals surface area contributed by atoms with Gasteiger partial charge in [0, 0.05) is 18.8 Å². The first kappa shape index (κ1) is 13.3. The number of anilines is 1. The summed E-state index contributed by atoms with van der Waals surface area (Å²) in [4.78, 5) is 2.54. The SMILES string of the molecule is c1ccc2c(c1)CCN2CCCNCC1CCSC1. The molecule has 2 aliphatic heterocycles. The average Bonchev–Trinajstić information content (AvgIpc) is 3.08. The van der Waals surface area contributed by atoms with Crippen molar-refractivity contribution in [3.8, 4) is 0 Å². The predicted octanol–water partition coefficient (Wildman–Crippen LogP) is 2.78.